The minimum atomic E-state index is -0.973. The molecule has 7 nitrogen and oxygen atoms in total. The molecule has 1 N–H and O–H groups in total. The predicted octanol–water partition coefficient (Wildman–Crippen LogP) is 3.56. The number of esters is 1. The molecule has 29 heavy (non-hydrogen) atoms. The summed E-state index contributed by atoms with van der Waals surface area (Å²) in [5.41, 5.74) is 3.68. The molecule has 3 aromatic rings. The zero-order valence-corrected chi connectivity index (χ0v) is 17.3. The van der Waals surface area contributed by atoms with Crippen LogP contribution in [0.4, 0.5) is 0 Å². The number of fused-ring (bicyclic) bond motifs is 1. The molecule has 152 valence electrons. The number of carbonyl (C=O) groups excluding carboxylic acids is 3. The average Bonchev–Trinajstić information content (AvgIpc) is 3.17. The number of para-hydroxylation sites is 2. The van der Waals surface area contributed by atoms with Crippen LogP contribution >= 0.6 is 0 Å². The van der Waals surface area contributed by atoms with Crippen molar-refractivity contribution in [3.05, 3.63) is 52.6 Å². The second kappa shape index (κ2) is 8.03. The van der Waals surface area contributed by atoms with Crippen molar-refractivity contribution in [2.45, 2.75) is 53.7 Å². The van der Waals surface area contributed by atoms with Gasteiger partial charge in [0.25, 0.3) is 0 Å². The number of ketones is 2. The van der Waals surface area contributed by atoms with E-state index in [1.165, 1.54) is 13.8 Å². The van der Waals surface area contributed by atoms with Crippen molar-refractivity contribution in [3.63, 3.8) is 0 Å². The van der Waals surface area contributed by atoms with Gasteiger partial charge >= 0.3 is 5.97 Å². The number of hydrogen-bond donors (Lipinski definition) is 1. The smallest absolute Gasteiger partial charge is 0.326 e. The van der Waals surface area contributed by atoms with E-state index in [4.69, 9.17) is 4.74 Å². The fourth-order valence-corrected chi connectivity index (χ4v) is 3.72. The zero-order valence-electron chi connectivity index (χ0n) is 17.3. The van der Waals surface area contributed by atoms with Crippen LogP contribution in [0, 0.1) is 13.8 Å². The summed E-state index contributed by atoms with van der Waals surface area (Å²) in [6, 6.07) is 7.58. The molecular weight excluding hydrogens is 370 g/mol. The Balaban J connectivity index is 1.77. The number of aromatic amines is 1. The summed E-state index contributed by atoms with van der Waals surface area (Å²) in [5.74, 6) is -0.211. The normalized spacial score (nSPS) is 12.2. The number of aromatic nitrogens is 3. The van der Waals surface area contributed by atoms with Crippen LogP contribution in [0.15, 0.2) is 24.3 Å². The lowest BCUT2D eigenvalue weighted by Gasteiger charge is -2.14. The molecule has 0 fully saturated rings. The van der Waals surface area contributed by atoms with Crippen LogP contribution in [0.3, 0.4) is 0 Å². The maximum atomic E-state index is 12.8. The first-order chi connectivity index (χ1) is 13.7. The average molecular weight is 395 g/mol. The summed E-state index contributed by atoms with van der Waals surface area (Å²) in [6.07, 6.45) is -0.301. The standard InChI is InChI=1S/C22H25N3O4/c1-6-18-24-16-9-7-8-10-17(16)25(18)11-19(27)29-15(5)22(28)21-12(2)20(14(4)26)13(3)23-21/h7-10,15,23H,6,11H2,1-5H3. The first kappa shape index (κ1) is 20.5. The van der Waals surface area contributed by atoms with E-state index < -0.39 is 12.1 Å². The number of aryl methyl sites for hydroxylation is 2. The molecule has 0 saturated heterocycles. The molecule has 0 aliphatic heterocycles. The summed E-state index contributed by atoms with van der Waals surface area (Å²) in [5, 5.41) is 0. The number of H-pyrrole nitrogens is 1. The predicted molar refractivity (Wildman–Crippen MR) is 109 cm³/mol. The number of imidazole rings is 1. The third-order valence-corrected chi connectivity index (χ3v) is 5.05. The summed E-state index contributed by atoms with van der Waals surface area (Å²) < 4.78 is 7.22. The maximum Gasteiger partial charge on any atom is 0.326 e. The molecule has 1 atom stereocenters. The zero-order chi connectivity index (χ0) is 21.3. The lowest BCUT2D eigenvalue weighted by molar-refractivity contribution is -0.147. The second-order valence-electron chi connectivity index (χ2n) is 7.13. The summed E-state index contributed by atoms with van der Waals surface area (Å²) in [7, 11) is 0. The highest BCUT2D eigenvalue weighted by Crippen LogP contribution is 2.21. The number of rotatable bonds is 7. The van der Waals surface area contributed by atoms with Gasteiger partial charge in [-0.1, -0.05) is 19.1 Å². The van der Waals surface area contributed by atoms with E-state index in [1.54, 1.807) is 13.8 Å². The van der Waals surface area contributed by atoms with E-state index in [9.17, 15) is 14.4 Å². The molecule has 1 unspecified atom stereocenters. The first-order valence-electron chi connectivity index (χ1n) is 9.62. The number of nitrogens with zero attached hydrogens (tertiary/aromatic N) is 2. The van der Waals surface area contributed by atoms with Crippen molar-refractivity contribution < 1.29 is 19.1 Å². The molecule has 0 radical (unpaired) electrons. The maximum absolute atomic E-state index is 12.8. The molecule has 2 heterocycles. The van der Waals surface area contributed by atoms with Crippen LogP contribution in [-0.2, 0) is 22.5 Å². The van der Waals surface area contributed by atoms with Crippen LogP contribution in [0.5, 0.6) is 0 Å². The lowest BCUT2D eigenvalue weighted by Crippen LogP contribution is -2.27. The molecule has 0 saturated carbocycles. The van der Waals surface area contributed by atoms with Gasteiger partial charge in [-0.05, 0) is 45.4 Å². The van der Waals surface area contributed by atoms with Crippen LogP contribution in [-0.4, -0.2) is 38.2 Å². The Hall–Kier alpha value is -3.22. The Morgan fingerprint density at radius 1 is 1.21 bits per heavy atom. The van der Waals surface area contributed by atoms with Gasteiger partial charge < -0.3 is 14.3 Å². The van der Waals surface area contributed by atoms with E-state index in [2.05, 4.69) is 9.97 Å². The minimum absolute atomic E-state index is 0.0251. The number of Topliss-reactive ketones (excluding diaryl/α,β-unsaturated/α-hetero) is 2. The van der Waals surface area contributed by atoms with Crippen molar-refractivity contribution in [3.8, 4) is 0 Å². The van der Waals surface area contributed by atoms with E-state index in [0.29, 0.717) is 28.9 Å². The first-order valence-corrected chi connectivity index (χ1v) is 9.62. The Morgan fingerprint density at radius 2 is 1.90 bits per heavy atom. The van der Waals surface area contributed by atoms with Gasteiger partial charge in [0, 0.05) is 17.7 Å². The molecule has 7 heteroatoms. The van der Waals surface area contributed by atoms with Gasteiger partial charge in [0.05, 0.1) is 16.7 Å². The summed E-state index contributed by atoms with van der Waals surface area (Å²) in [6.45, 7) is 8.40. The van der Waals surface area contributed by atoms with E-state index in [-0.39, 0.29) is 18.1 Å². The Morgan fingerprint density at radius 3 is 2.52 bits per heavy atom. The highest BCUT2D eigenvalue weighted by molar-refractivity contribution is 6.05. The van der Waals surface area contributed by atoms with Crippen molar-refractivity contribution in [2.75, 3.05) is 0 Å². The van der Waals surface area contributed by atoms with E-state index >= 15 is 0 Å². The number of carbonyl (C=O) groups is 3. The summed E-state index contributed by atoms with van der Waals surface area (Å²) >= 11 is 0. The van der Waals surface area contributed by atoms with Crippen molar-refractivity contribution >= 4 is 28.6 Å². The molecular formula is C22H25N3O4. The molecule has 0 aliphatic carbocycles. The monoisotopic (exact) mass is 395 g/mol. The number of nitrogens with one attached hydrogen (secondary N) is 1. The highest BCUT2D eigenvalue weighted by atomic mass is 16.5. The van der Waals surface area contributed by atoms with Gasteiger partial charge in [0.15, 0.2) is 11.9 Å². The number of benzene rings is 1. The van der Waals surface area contributed by atoms with Crippen LogP contribution in [0.2, 0.25) is 0 Å². The molecule has 2 aromatic heterocycles. The number of hydrogen-bond acceptors (Lipinski definition) is 5. The highest BCUT2D eigenvalue weighted by Gasteiger charge is 2.26. The van der Waals surface area contributed by atoms with Crippen molar-refractivity contribution in [2.24, 2.45) is 0 Å². The fourth-order valence-electron chi connectivity index (χ4n) is 3.72. The van der Waals surface area contributed by atoms with Gasteiger partial charge in [-0.25, -0.2) is 4.98 Å². The van der Waals surface area contributed by atoms with E-state index in [0.717, 1.165) is 16.9 Å². The van der Waals surface area contributed by atoms with Gasteiger partial charge in [0.2, 0.25) is 5.78 Å². The molecule has 0 bridgehead atoms. The Labute approximate surface area is 169 Å². The molecule has 1 aromatic carbocycles. The third-order valence-electron chi connectivity index (χ3n) is 5.05. The van der Waals surface area contributed by atoms with Crippen molar-refractivity contribution in [1.29, 1.82) is 0 Å². The third kappa shape index (κ3) is 3.85. The van der Waals surface area contributed by atoms with Gasteiger partial charge in [-0.15, -0.1) is 0 Å². The fraction of sp³-hybridized carbons (Fsp3) is 0.364. The van der Waals surface area contributed by atoms with Gasteiger partial charge in [-0.2, -0.15) is 0 Å². The minimum Gasteiger partial charge on any atom is -0.453 e. The molecule has 3 rings (SSSR count). The Kier molecular flexibility index (Phi) is 5.68. The van der Waals surface area contributed by atoms with Crippen LogP contribution < -0.4 is 0 Å². The second-order valence-corrected chi connectivity index (χ2v) is 7.13. The van der Waals surface area contributed by atoms with Gasteiger partial charge in [0.1, 0.15) is 12.4 Å². The quantitative estimate of drug-likeness (QED) is 0.488. The van der Waals surface area contributed by atoms with Gasteiger partial charge in [-0.3, -0.25) is 14.4 Å². The van der Waals surface area contributed by atoms with Crippen LogP contribution in [0.1, 0.15) is 58.7 Å². The van der Waals surface area contributed by atoms with E-state index in [1.807, 2.05) is 35.8 Å². The SMILES string of the molecule is CCc1nc2ccccc2n1CC(=O)OC(C)C(=O)c1[nH]c(C)c(C(C)=O)c1C. The van der Waals surface area contributed by atoms with Crippen molar-refractivity contribution in [1.82, 2.24) is 14.5 Å². The Bertz CT molecular complexity index is 1110. The topological polar surface area (TPSA) is 94.1 Å². The lowest BCUT2D eigenvalue weighted by atomic mass is 10.0. The molecule has 0 spiro atoms. The van der Waals surface area contributed by atoms with Crippen LogP contribution in [0.25, 0.3) is 11.0 Å². The summed E-state index contributed by atoms with van der Waals surface area (Å²) in [4.78, 5) is 44.6. The largest absolute Gasteiger partial charge is 0.453 e. The molecule has 0 aliphatic rings. The number of ether oxygens (including phenoxy) is 1. The molecule has 0 amide bonds.